The highest BCUT2D eigenvalue weighted by atomic mass is 32.1. The molecule has 0 aliphatic heterocycles. The fraction of sp³-hybridized carbons (Fsp3) is 0.286. The summed E-state index contributed by atoms with van der Waals surface area (Å²) in [4.78, 5) is 27.1. The molecule has 8 nitrogen and oxygen atoms in total. The molecule has 1 heterocycles. The molecule has 0 saturated heterocycles. The number of benzene rings is 1. The number of anilines is 1. The molecule has 2 aromatic rings. The van der Waals surface area contributed by atoms with Crippen molar-refractivity contribution in [3.63, 3.8) is 0 Å². The van der Waals surface area contributed by atoms with Gasteiger partial charge in [0, 0.05) is 11.4 Å². The third-order valence-electron chi connectivity index (χ3n) is 2.86. The van der Waals surface area contributed by atoms with E-state index in [2.05, 4.69) is 10.3 Å². The number of hydrogen-bond acceptors (Lipinski definition) is 7. The molecule has 23 heavy (non-hydrogen) atoms. The van der Waals surface area contributed by atoms with Crippen molar-refractivity contribution in [2.75, 3.05) is 19.0 Å². The van der Waals surface area contributed by atoms with Crippen molar-refractivity contribution < 1.29 is 19.2 Å². The van der Waals surface area contributed by atoms with Crippen LogP contribution < -0.4 is 14.8 Å². The molecule has 0 atom stereocenters. The predicted octanol–water partition coefficient (Wildman–Crippen LogP) is 3.02. The van der Waals surface area contributed by atoms with Crippen molar-refractivity contribution in [3.05, 3.63) is 38.9 Å². The van der Waals surface area contributed by atoms with Crippen molar-refractivity contribution in [2.45, 2.75) is 13.8 Å². The van der Waals surface area contributed by atoms with Crippen molar-refractivity contribution in [2.24, 2.45) is 0 Å². The van der Waals surface area contributed by atoms with E-state index in [0.717, 1.165) is 5.69 Å². The van der Waals surface area contributed by atoms with E-state index in [0.29, 0.717) is 11.7 Å². The predicted molar refractivity (Wildman–Crippen MR) is 85.6 cm³/mol. The van der Waals surface area contributed by atoms with Crippen LogP contribution in [0.4, 0.5) is 10.8 Å². The van der Waals surface area contributed by atoms with E-state index >= 15 is 0 Å². The van der Waals surface area contributed by atoms with Crippen LogP contribution in [0.25, 0.3) is 0 Å². The van der Waals surface area contributed by atoms with E-state index in [9.17, 15) is 14.9 Å². The lowest BCUT2D eigenvalue weighted by Gasteiger charge is -2.11. The summed E-state index contributed by atoms with van der Waals surface area (Å²) in [6.45, 7) is 3.88. The Kier molecular flexibility index (Phi) is 5.12. The third kappa shape index (κ3) is 3.75. The van der Waals surface area contributed by atoms with Crippen LogP contribution in [0.5, 0.6) is 11.5 Å². The zero-order valence-electron chi connectivity index (χ0n) is 12.8. The van der Waals surface area contributed by atoms with Crippen LogP contribution in [-0.2, 0) is 0 Å². The fourth-order valence-corrected chi connectivity index (χ4v) is 2.57. The SMILES string of the molecule is CCOc1cc(C(=O)Nc2nc(C)cs2)c([N+](=O)[O-])cc1OC. The number of amides is 1. The van der Waals surface area contributed by atoms with Crippen LogP contribution in [0.15, 0.2) is 17.5 Å². The second-order valence-electron chi connectivity index (χ2n) is 4.46. The summed E-state index contributed by atoms with van der Waals surface area (Å²) in [7, 11) is 1.37. The van der Waals surface area contributed by atoms with Crippen LogP contribution in [-0.4, -0.2) is 29.5 Å². The summed E-state index contributed by atoms with van der Waals surface area (Å²) >= 11 is 1.24. The fourth-order valence-electron chi connectivity index (χ4n) is 1.89. The highest BCUT2D eigenvalue weighted by Crippen LogP contribution is 2.35. The molecule has 0 radical (unpaired) electrons. The Bertz CT molecular complexity index is 744. The number of rotatable bonds is 6. The Morgan fingerprint density at radius 2 is 2.17 bits per heavy atom. The summed E-state index contributed by atoms with van der Waals surface area (Å²) < 4.78 is 10.4. The number of thiazole rings is 1. The first-order valence-corrected chi connectivity index (χ1v) is 7.57. The van der Waals surface area contributed by atoms with Gasteiger partial charge in [-0.2, -0.15) is 0 Å². The lowest BCUT2D eigenvalue weighted by atomic mass is 10.1. The van der Waals surface area contributed by atoms with Gasteiger partial charge in [-0.25, -0.2) is 4.98 Å². The first-order valence-electron chi connectivity index (χ1n) is 6.69. The molecule has 1 N–H and O–H groups in total. The maximum atomic E-state index is 12.4. The lowest BCUT2D eigenvalue weighted by molar-refractivity contribution is -0.385. The van der Waals surface area contributed by atoms with E-state index in [1.54, 1.807) is 19.2 Å². The minimum atomic E-state index is -0.639. The maximum Gasteiger partial charge on any atom is 0.286 e. The molecule has 1 amide bonds. The number of carbonyl (C=O) groups is 1. The molecule has 1 aromatic heterocycles. The Balaban J connectivity index is 2.43. The van der Waals surface area contributed by atoms with E-state index in [4.69, 9.17) is 9.47 Å². The van der Waals surface area contributed by atoms with Crippen molar-refractivity contribution in [1.82, 2.24) is 4.98 Å². The average molecular weight is 337 g/mol. The standard InChI is InChI=1S/C14H15N3O5S/c1-4-22-12-5-9(10(17(19)20)6-11(12)21-3)13(18)16-14-15-8(2)7-23-14/h5-7H,4H2,1-3H3,(H,15,16,18). The van der Waals surface area contributed by atoms with E-state index in [1.165, 1.54) is 30.6 Å². The number of ether oxygens (including phenoxy) is 2. The summed E-state index contributed by atoms with van der Waals surface area (Å²) in [5.74, 6) is -0.170. The quantitative estimate of drug-likeness (QED) is 0.642. The highest BCUT2D eigenvalue weighted by Gasteiger charge is 2.25. The molecule has 0 bridgehead atoms. The number of nitro benzene ring substituents is 1. The Morgan fingerprint density at radius 3 is 2.70 bits per heavy atom. The second kappa shape index (κ2) is 7.05. The molecule has 1 aromatic carbocycles. The molecule has 0 saturated carbocycles. The summed E-state index contributed by atoms with van der Waals surface area (Å²) in [5, 5.41) is 15.9. The van der Waals surface area contributed by atoms with Gasteiger partial charge in [0.2, 0.25) is 0 Å². The van der Waals surface area contributed by atoms with E-state index < -0.39 is 10.8 Å². The number of nitrogens with zero attached hydrogens (tertiary/aromatic N) is 2. The Hall–Kier alpha value is -2.68. The summed E-state index contributed by atoms with van der Waals surface area (Å²) in [6, 6.07) is 2.48. The smallest absolute Gasteiger partial charge is 0.286 e. The number of aryl methyl sites for hydroxylation is 1. The molecule has 0 fully saturated rings. The van der Waals surface area contributed by atoms with Crippen molar-refractivity contribution >= 4 is 28.1 Å². The Labute approximate surface area is 136 Å². The number of aromatic nitrogens is 1. The van der Waals surface area contributed by atoms with E-state index in [1.807, 2.05) is 0 Å². The van der Waals surface area contributed by atoms with Gasteiger partial charge in [-0.05, 0) is 13.8 Å². The number of nitro groups is 1. The first kappa shape index (κ1) is 16.7. The molecule has 2 rings (SSSR count). The number of hydrogen-bond donors (Lipinski definition) is 1. The average Bonchev–Trinajstić information content (AvgIpc) is 2.91. The molecule has 122 valence electrons. The summed E-state index contributed by atoms with van der Waals surface area (Å²) in [6.07, 6.45) is 0. The zero-order chi connectivity index (χ0) is 17.0. The van der Waals surface area contributed by atoms with Crippen LogP contribution in [0.3, 0.4) is 0 Å². The molecular weight excluding hydrogens is 322 g/mol. The highest BCUT2D eigenvalue weighted by molar-refractivity contribution is 7.13. The summed E-state index contributed by atoms with van der Waals surface area (Å²) in [5.41, 5.74) is 0.271. The monoisotopic (exact) mass is 337 g/mol. The van der Waals surface area contributed by atoms with Gasteiger partial charge in [-0.15, -0.1) is 11.3 Å². The minimum Gasteiger partial charge on any atom is -0.493 e. The first-order chi connectivity index (χ1) is 11.0. The third-order valence-corrected chi connectivity index (χ3v) is 3.74. The molecule has 0 aliphatic carbocycles. The van der Waals surface area contributed by atoms with Gasteiger partial charge in [-0.1, -0.05) is 0 Å². The van der Waals surface area contributed by atoms with E-state index in [-0.39, 0.29) is 22.7 Å². The topological polar surface area (TPSA) is 104 Å². The van der Waals surface area contributed by atoms with Crippen LogP contribution in [0.1, 0.15) is 23.0 Å². The van der Waals surface area contributed by atoms with Gasteiger partial charge < -0.3 is 9.47 Å². The van der Waals surface area contributed by atoms with Gasteiger partial charge >= 0.3 is 0 Å². The number of carbonyl (C=O) groups excluding carboxylic acids is 1. The molecule has 0 spiro atoms. The van der Waals surface area contributed by atoms with Crippen LogP contribution in [0, 0.1) is 17.0 Å². The molecule has 0 unspecified atom stereocenters. The van der Waals surface area contributed by atoms with Gasteiger partial charge in [0.15, 0.2) is 16.6 Å². The number of methoxy groups -OCH3 is 1. The van der Waals surface area contributed by atoms with Crippen LogP contribution in [0.2, 0.25) is 0 Å². The maximum absolute atomic E-state index is 12.4. The molecule has 9 heteroatoms. The van der Waals surface area contributed by atoms with Crippen LogP contribution >= 0.6 is 11.3 Å². The van der Waals surface area contributed by atoms with Gasteiger partial charge in [0.25, 0.3) is 11.6 Å². The minimum absolute atomic E-state index is 0.118. The molecule has 0 aliphatic rings. The lowest BCUT2D eigenvalue weighted by Crippen LogP contribution is -2.14. The van der Waals surface area contributed by atoms with Gasteiger partial charge in [0.1, 0.15) is 5.56 Å². The normalized spacial score (nSPS) is 10.2. The Morgan fingerprint density at radius 1 is 1.43 bits per heavy atom. The van der Waals surface area contributed by atoms with Crippen molar-refractivity contribution in [3.8, 4) is 11.5 Å². The van der Waals surface area contributed by atoms with Gasteiger partial charge in [-0.3, -0.25) is 20.2 Å². The zero-order valence-corrected chi connectivity index (χ0v) is 13.6. The largest absolute Gasteiger partial charge is 0.493 e. The van der Waals surface area contributed by atoms with Gasteiger partial charge in [0.05, 0.1) is 30.4 Å². The van der Waals surface area contributed by atoms with Crippen molar-refractivity contribution in [1.29, 1.82) is 0 Å². The number of nitrogens with one attached hydrogen (secondary N) is 1. The second-order valence-corrected chi connectivity index (χ2v) is 5.32. The molecular formula is C14H15N3O5S.